The lowest BCUT2D eigenvalue weighted by Gasteiger charge is -2.30. The van der Waals surface area contributed by atoms with E-state index < -0.39 is 60.5 Å². The number of nitrogens with zero attached hydrogens (tertiary/aromatic N) is 4. The number of ether oxygens (including phenoxy) is 4. The van der Waals surface area contributed by atoms with Gasteiger partial charge in [-0.15, -0.1) is 0 Å². The molecule has 3 aliphatic heterocycles. The van der Waals surface area contributed by atoms with Gasteiger partial charge in [0.2, 0.25) is 0 Å². The van der Waals surface area contributed by atoms with Crippen molar-refractivity contribution in [3.63, 3.8) is 0 Å². The third kappa shape index (κ3) is 5.35. The van der Waals surface area contributed by atoms with E-state index in [0.29, 0.717) is 16.9 Å². The van der Waals surface area contributed by atoms with Crippen molar-refractivity contribution < 1.29 is 32.5 Å². The average molecular weight is 525 g/mol. The fraction of sp³-hybridized carbons (Fsp3) is 0.708. The van der Waals surface area contributed by atoms with E-state index in [1.165, 1.54) is 6.33 Å². The number of fused-ring (bicyclic) bond motifs is 2. The van der Waals surface area contributed by atoms with Crippen LogP contribution in [0.2, 0.25) is 0 Å². The molecule has 0 radical (unpaired) electrons. The molecule has 5 rings (SSSR count). The number of rotatable bonds is 5. The van der Waals surface area contributed by atoms with Gasteiger partial charge in [0.15, 0.2) is 12.0 Å². The van der Waals surface area contributed by atoms with Crippen LogP contribution < -0.4 is 11.1 Å². The number of alkyl carbamates (subject to hydrolysis) is 1. The lowest BCUT2D eigenvalue weighted by molar-refractivity contribution is -0.198. The van der Waals surface area contributed by atoms with Gasteiger partial charge in [0.25, 0.3) is 5.92 Å². The van der Waals surface area contributed by atoms with Crippen LogP contribution in [-0.2, 0) is 18.9 Å². The number of carbonyl (C=O) groups excluding carboxylic acids is 1. The maximum absolute atomic E-state index is 14.5. The van der Waals surface area contributed by atoms with Crippen LogP contribution in [-0.4, -0.2) is 86.8 Å². The Hall–Kier alpha value is -2.61. The molecule has 3 fully saturated rings. The number of halogens is 2. The summed E-state index contributed by atoms with van der Waals surface area (Å²) in [4.78, 5) is 22.2. The van der Waals surface area contributed by atoms with Gasteiger partial charge in [-0.3, -0.25) is 4.90 Å². The Kier molecular flexibility index (Phi) is 6.33. The summed E-state index contributed by atoms with van der Waals surface area (Å²) in [7, 11) is 0. The number of aromatic nitrogens is 3. The number of nitrogens with one attached hydrogen (secondary N) is 1. The van der Waals surface area contributed by atoms with Crippen molar-refractivity contribution in [3.8, 4) is 0 Å². The molecule has 37 heavy (non-hydrogen) atoms. The van der Waals surface area contributed by atoms with Gasteiger partial charge in [-0.1, -0.05) is 0 Å². The molecular formula is C24H34F2N6O5. The van der Waals surface area contributed by atoms with Gasteiger partial charge >= 0.3 is 6.09 Å². The summed E-state index contributed by atoms with van der Waals surface area (Å²) in [5.74, 6) is -3.42. The first kappa shape index (κ1) is 26.0. The van der Waals surface area contributed by atoms with E-state index in [4.69, 9.17) is 24.7 Å². The van der Waals surface area contributed by atoms with Gasteiger partial charge in [-0.2, -0.15) is 0 Å². The fourth-order valence-corrected chi connectivity index (χ4v) is 5.35. The summed E-state index contributed by atoms with van der Waals surface area (Å²) in [6.45, 7) is 8.59. The molecule has 3 aliphatic rings. The van der Waals surface area contributed by atoms with E-state index in [0.717, 1.165) is 0 Å². The Morgan fingerprint density at radius 3 is 2.73 bits per heavy atom. The number of hydrogen-bond acceptors (Lipinski definition) is 9. The Morgan fingerprint density at radius 2 is 2.00 bits per heavy atom. The monoisotopic (exact) mass is 524 g/mol. The number of nitrogen functional groups attached to an aromatic ring is 1. The van der Waals surface area contributed by atoms with Crippen molar-refractivity contribution in [2.24, 2.45) is 0 Å². The van der Waals surface area contributed by atoms with Crippen molar-refractivity contribution in [2.45, 2.75) is 88.9 Å². The second-order valence-electron chi connectivity index (χ2n) is 11.4. The van der Waals surface area contributed by atoms with E-state index in [9.17, 15) is 13.6 Å². The maximum atomic E-state index is 14.5. The van der Waals surface area contributed by atoms with Crippen molar-refractivity contribution in [1.29, 1.82) is 0 Å². The third-order valence-corrected chi connectivity index (χ3v) is 6.72. The van der Waals surface area contributed by atoms with Gasteiger partial charge in [-0.05, 0) is 40.7 Å². The number of anilines is 1. The minimum Gasteiger partial charge on any atom is -0.444 e. The molecule has 1 amide bonds. The Balaban J connectivity index is 1.34. The van der Waals surface area contributed by atoms with Crippen LogP contribution in [0.1, 0.15) is 47.3 Å². The second-order valence-corrected chi connectivity index (χ2v) is 11.4. The average Bonchev–Trinajstić information content (AvgIpc) is 3.47. The molecule has 11 nitrogen and oxygen atoms in total. The summed E-state index contributed by atoms with van der Waals surface area (Å²) in [5, 5.41) is 3.30. The molecule has 5 atom stereocenters. The predicted octanol–water partition coefficient (Wildman–Crippen LogP) is 2.67. The van der Waals surface area contributed by atoms with Crippen LogP contribution in [0.3, 0.4) is 0 Å². The van der Waals surface area contributed by atoms with Crippen LogP contribution >= 0.6 is 0 Å². The highest BCUT2D eigenvalue weighted by molar-refractivity contribution is 5.86. The van der Waals surface area contributed by atoms with Crippen LogP contribution in [0.15, 0.2) is 18.6 Å². The molecular weight excluding hydrogens is 490 g/mol. The van der Waals surface area contributed by atoms with E-state index >= 15 is 0 Å². The van der Waals surface area contributed by atoms with Crippen molar-refractivity contribution in [3.05, 3.63) is 18.6 Å². The zero-order valence-electron chi connectivity index (χ0n) is 21.6. The topological polar surface area (TPSA) is 126 Å². The van der Waals surface area contributed by atoms with Crippen LogP contribution in [0.5, 0.6) is 0 Å². The number of likely N-dealkylation sites (tertiary alicyclic amines) is 1. The van der Waals surface area contributed by atoms with Crippen LogP contribution in [0.4, 0.5) is 19.4 Å². The Bertz CT molecular complexity index is 1170. The number of nitrogens with two attached hydrogens (primary N) is 1. The predicted molar refractivity (Wildman–Crippen MR) is 129 cm³/mol. The summed E-state index contributed by atoms with van der Waals surface area (Å²) < 4.78 is 54.9. The molecule has 2 aromatic rings. The van der Waals surface area contributed by atoms with Crippen molar-refractivity contribution in [2.75, 3.05) is 25.4 Å². The normalized spacial score (nSPS) is 31.1. The largest absolute Gasteiger partial charge is 0.444 e. The first-order valence-corrected chi connectivity index (χ1v) is 12.4. The van der Waals surface area contributed by atoms with Gasteiger partial charge in [0.1, 0.15) is 41.7 Å². The van der Waals surface area contributed by atoms with Crippen molar-refractivity contribution >= 4 is 22.9 Å². The van der Waals surface area contributed by atoms with E-state index in [2.05, 4.69) is 15.3 Å². The summed E-state index contributed by atoms with van der Waals surface area (Å²) >= 11 is 0. The first-order valence-electron chi connectivity index (χ1n) is 12.4. The molecule has 204 valence electrons. The molecule has 0 aliphatic carbocycles. The van der Waals surface area contributed by atoms with Crippen LogP contribution in [0, 0.1) is 0 Å². The van der Waals surface area contributed by atoms with Crippen molar-refractivity contribution in [1.82, 2.24) is 24.8 Å². The number of amides is 1. The zero-order chi connectivity index (χ0) is 26.8. The summed E-state index contributed by atoms with van der Waals surface area (Å²) in [6.07, 6.45) is -0.00642. The highest BCUT2D eigenvalue weighted by Crippen LogP contribution is 2.45. The molecule has 0 spiro atoms. The van der Waals surface area contributed by atoms with Crippen LogP contribution in [0.25, 0.3) is 11.0 Å². The molecule has 13 heteroatoms. The highest BCUT2D eigenvalue weighted by Gasteiger charge is 2.57. The molecule has 0 unspecified atom stereocenters. The molecule has 2 aromatic heterocycles. The van der Waals surface area contributed by atoms with E-state index in [1.807, 2.05) is 18.4 Å². The molecule has 5 heterocycles. The van der Waals surface area contributed by atoms with Gasteiger partial charge in [0, 0.05) is 31.7 Å². The summed E-state index contributed by atoms with van der Waals surface area (Å²) in [6, 6.07) is 1.20. The highest BCUT2D eigenvalue weighted by atomic mass is 19.3. The number of carbonyl (C=O) groups is 1. The lowest BCUT2D eigenvalue weighted by Crippen LogP contribution is -2.46. The third-order valence-electron chi connectivity index (χ3n) is 6.72. The van der Waals surface area contributed by atoms with E-state index in [1.54, 1.807) is 37.9 Å². The maximum Gasteiger partial charge on any atom is 0.407 e. The van der Waals surface area contributed by atoms with Gasteiger partial charge in [0.05, 0.1) is 11.9 Å². The fourth-order valence-electron chi connectivity index (χ4n) is 5.35. The summed E-state index contributed by atoms with van der Waals surface area (Å²) in [5.41, 5.74) is 5.90. The number of hydrogen-bond donors (Lipinski definition) is 2. The zero-order valence-corrected chi connectivity index (χ0v) is 21.6. The Labute approximate surface area is 213 Å². The SMILES string of the molecule is CC(C)(C)OC(=O)NC[C@H]1CC(F)(F)CN1C[C@H]1O[C@@H](n2ccc3c(N)ncnc32)[C@@H]2OC(C)(C)O[C@@H]21. The minimum absolute atomic E-state index is 0.0238. The lowest BCUT2D eigenvalue weighted by atomic mass is 10.1. The molecule has 3 N–H and O–H groups in total. The molecule has 3 saturated heterocycles. The first-order chi connectivity index (χ1) is 17.2. The van der Waals surface area contributed by atoms with Gasteiger partial charge in [-0.25, -0.2) is 23.5 Å². The Morgan fingerprint density at radius 1 is 1.27 bits per heavy atom. The molecule has 0 saturated carbocycles. The standard InChI is InChI=1S/C24H34F2N6O5/c1-22(2,3)37-21(33)28-9-13-8-24(25,26)11-31(13)10-15-16-17(36-23(4,5)35-16)20(34-15)32-7-6-14-18(27)29-12-30-19(14)32/h6-7,12-13,15-17,20H,8-11H2,1-5H3,(H,28,33)(H2,27,29,30)/t13-,15-,16-,17-,20-/m1/s1. The quantitative estimate of drug-likeness (QED) is 0.607. The number of alkyl halides is 2. The second kappa shape index (κ2) is 9.00. The molecule has 0 bridgehead atoms. The van der Waals surface area contributed by atoms with E-state index in [-0.39, 0.29) is 19.5 Å². The molecule has 0 aromatic carbocycles. The van der Waals surface area contributed by atoms with Gasteiger partial charge < -0.3 is 34.6 Å². The minimum atomic E-state index is -2.89. The smallest absolute Gasteiger partial charge is 0.407 e.